The predicted molar refractivity (Wildman–Crippen MR) is 75.6 cm³/mol. The Kier molecular flexibility index (Phi) is 6.55. The van der Waals surface area contributed by atoms with Gasteiger partial charge in [0.2, 0.25) is 0 Å². The number of likely N-dealkylation sites (N-methyl/N-ethyl adjacent to an activating group) is 1. The molecule has 0 spiro atoms. The Hall–Kier alpha value is -0.580. The van der Waals surface area contributed by atoms with E-state index in [4.69, 9.17) is 4.74 Å². The van der Waals surface area contributed by atoms with Gasteiger partial charge in [0.25, 0.3) is 0 Å². The quantitative estimate of drug-likeness (QED) is 0.783. The summed E-state index contributed by atoms with van der Waals surface area (Å²) in [6.07, 6.45) is 0. The number of halogens is 1. The monoisotopic (exact) mass is 300 g/mol. The number of nitrogens with one attached hydrogen (secondary N) is 1. The SMILES string of the molecule is CCN(C)CCNCc1cc(OC)ccc1Br. The van der Waals surface area contributed by atoms with Crippen LogP contribution >= 0.6 is 15.9 Å². The van der Waals surface area contributed by atoms with Crippen molar-refractivity contribution in [3.63, 3.8) is 0 Å². The van der Waals surface area contributed by atoms with Gasteiger partial charge in [0.05, 0.1) is 7.11 Å². The van der Waals surface area contributed by atoms with Crippen LogP contribution in [-0.4, -0.2) is 38.7 Å². The summed E-state index contributed by atoms with van der Waals surface area (Å²) in [6, 6.07) is 6.03. The summed E-state index contributed by atoms with van der Waals surface area (Å²) in [4.78, 5) is 2.29. The number of methoxy groups -OCH3 is 1. The molecule has 0 radical (unpaired) electrons. The fourth-order valence-electron chi connectivity index (χ4n) is 1.46. The van der Waals surface area contributed by atoms with Gasteiger partial charge in [-0.25, -0.2) is 0 Å². The van der Waals surface area contributed by atoms with E-state index >= 15 is 0 Å². The zero-order chi connectivity index (χ0) is 12.7. The van der Waals surface area contributed by atoms with E-state index in [-0.39, 0.29) is 0 Å². The van der Waals surface area contributed by atoms with E-state index in [0.29, 0.717) is 0 Å². The number of hydrogen-bond donors (Lipinski definition) is 1. The average Bonchev–Trinajstić information content (AvgIpc) is 2.36. The van der Waals surface area contributed by atoms with Crippen LogP contribution in [0, 0.1) is 0 Å². The van der Waals surface area contributed by atoms with Crippen molar-refractivity contribution in [2.24, 2.45) is 0 Å². The minimum absolute atomic E-state index is 0.856. The first-order valence-corrected chi connectivity index (χ1v) is 6.68. The molecule has 3 nitrogen and oxygen atoms in total. The minimum atomic E-state index is 0.856. The molecular weight excluding hydrogens is 280 g/mol. The van der Waals surface area contributed by atoms with Crippen molar-refractivity contribution >= 4 is 15.9 Å². The molecule has 0 saturated heterocycles. The summed E-state index contributed by atoms with van der Waals surface area (Å²) in [7, 11) is 3.82. The zero-order valence-electron chi connectivity index (χ0n) is 10.8. The van der Waals surface area contributed by atoms with Crippen molar-refractivity contribution in [2.75, 3.05) is 33.8 Å². The van der Waals surface area contributed by atoms with Gasteiger partial charge in [-0.2, -0.15) is 0 Å². The number of hydrogen-bond acceptors (Lipinski definition) is 3. The number of nitrogens with zero attached hydrogens (tertiary/aromatic N) is 1. The second-order valence-corrected chi connectivity index (χ2v) is 4.88. The molecule has 4 heteroatoms. The van der Waals surface area contributed by atoms with Crippen LogP contribution in [0.25, 0.3) is 0 Å². The summed E-state index contributed by atoms with van der Waals surface area (Å²) < 4.78 is 6.33. The smallest absolute Gasteiger partial charge is 0.119 e. The summed E-state index contributed by atoms with van der Waals surface area (Å²) in [5.41, 5.74) is 1.23. The molecule has 1 N–H and O–H groups in total. The van der Waals surface area contributed by atoms with E-state index in [1.165, 1.54) is 5.56 Å². The predicted octanol–water partition coefficient (Wildman–Crippen LogP) is 2.50. The lowest BCUT2D eigenvalue weighted by atomic mass is 10.2. The number of ether oxygens (including phenoxy) is 1. The number of rotatable bonds is 7. The highest BCUT2D eigenvalue weighted by Crippen LogP contribution is 2.22. The Labute approximate surface area is 112 Å². The maximum absolute atomic E-state index is 5.21. The number of benzene rings is 1. The first kappa shape index (κ1) is 14.5. The van der Waals surface area contributed by atoms with Gasteiger partial charge in [0.1, 0.15) is 5.75 Å². The second kappa shape index (κ2) is 7.69. The first-order valence-electron chi connectivity index (χ1n) is 5.89. The molecule has 0 atom stereocenters. The summed E-state index contributed by atoms with van der Waals surface area (Å²) in [6.45, 7) is 6.17. The maximum atomic E-state index is 5.21. The van der Waals surface area contributed by atoms with Gasteiger partial charge >= 0.3 is 0 Å². The zero-order valence-corrected chi connectivity index (χ0v) is 12.4. The van der Waals surface area contributed by atoms with E-state index in [1.54, 1.807) is 7.11 Å². The fourth-order valence-corrected chi connectivity index (χ4v) is 1.85. The summed E-state index contributed by atoms with van der Waals surface area (Å²) in [5, 5.41) is 3.43. The van der Waals surface area contributed by atoms with E-state index in [0.717, 1.165) is 36.4 Å². The molecular formula is C13H21BrN2O. The standard InChI is InChI=1S/C13H21BrN2O/c1-4-16(2)8-7-15-10-11-9-12(17-3)5-6-13(11)14/h5-6,9,15H,4,7-8,10H2,1-3H3. The molecule has 0 bridgehead atoms. The van der Waals surface area contributed by atoms with Crippen LogP contribution in [0.2, 0.25) is 0 Å². The Balaban J connectivity index is 2.40. The van der Waals surface area contributed by atoms with E-state index in [1.807, 2.05) is 12.1 Å². The Bertz CT molecular complexity index is 344. The maximum Gasteiger partial charge on any atom is 0.119 e. The van der Waals surface area contributed by atoms with Gasteiger partial charge in [-0.05, 0) is 37.4 Å². The van der Waals surface area contributed by atoms with Crippen molar-refractivity contribution in [1.82, 2.24) is 10.2 Å². The van der Waals surface area contributed by atoms with E-state index in [9.17, 15) is 0 Å². The molecule has 0 saturated carbocycles. The molecule has 0 fully saturated rings. The topological polar surface area (TPSA) is 24.5 Å². The largest absolute Gasteiger partial charge is 0.497 e. The molecule has 0 unspecified atom stereocenters. The van der Waals surface area contributed by atoms with Gasteiger partial charge in [-0.3, -0.25) is 0 Å². The molecule has 96 valence electrons. The third-order valence-electron chi connectivity index (χ3n) is 2.78. The molecule has 0 heterocycles. The van der Waals surface area contributed by atoms with Crippen molar-refractivity contribution in [2.45, 2.75) is 13.5 Å². The first-order chi connectivity index (χ1) is 8.17. The Morgan fingerprint density at radius 2 is 2.18 bits per heavy atom. The van der Waals surface area contributed by atoms with Gasteiger partial charge in [0, 0.05) is 24.1 Å². The molecule has 17 heavy (non-hydrogen) atoms. The normalized spacial score (nSPS) is 10.9. The van der Waals surface area contributed by atoms with Crippen LogP contribution in [0.4, 0.5) is 0 Å². The highest BCUT2D eigenvalue weighted by atomic mass is 79.9. The highest BCUT2D eigenvalue weighted by Gasteiger charge is 2.02. The fraction of sp³-hybridized carbons (Fsp3) is 0.538. The molecule has 0 amide bonds. The van der Waals surface area contributed by atoms with Crippen LogP contribution in [0.3, 0.4) is 0 Å². The van der Waals surface area contributed by atoms with Crippen LogP contribution in [0.1, 0.15) is 12.5 Å². The molecule has 0 aliphatic rings. The van der Waals surface area contributed by atoms with Crippen molar-refractivity contribution in [3.8, 4) is 5.75 Å². The van der Waals surface area contributed by atoms with Gasteiger partial charge < -0.3 is 15.0 Å². The lowest BCUT2D eigenvalue weighted by molar-refractivity contribution is 0.349. The third-order valence-corrected chi connectivity index (χ3v) is 3.55. The molecule has 0 aliphatic carbocycles. The molecule has 0 aromatic heterocycles. The van der Waals surface area contributed by atoms with Crippen LogP contribution in [0.15, 0.2) is 22.7 Å². The van der Waals surface area contributed by atoms with Crippen LogP contribution in [-0.2, 0) is 6.54 Å². The van der Waals surface area contributed by atoms with E-state index in [2.05, 4.69) is 46.2 Å². The lowest BCUT2D eigenvalue weighted by Crippen LogP contribution is -2.28. The van der Waals surface area contributed by atoms with Crippen molar-refractivity contribution < 1.29 is 4.74 Å². The summed E-state index contributed by atoms with van der Waals surface area (Å²) >= 11 is 3.55. The van der Waals surface area contributed by atoms with E-state index < -0.39 is 0 Å². The van der Waals surface area contributed by atoms with Gasteiger partial charge in [-0.1, -0.05) is 22.9 Å². The molecule has 1 aromatic carbocycles. The Morgan fingerprint density at radius 1 is 1.41 bits per heavy atom. The lowest BCUT2D eigenvalue weighted by Gasteiger charge is -2.14. The van der Waals surface area contributed by atoms with Gasteiger partial charge in [-0.15, -0.1) is 0 Å². The average molecular weight is 301 g/mol. The molecule has 0 aliphatic heterocycles. The Morgan fingerprint density at radius 3 is 2.82 bits per heavy atom. The highest BCUT2D eigenvalue weighted by molar-refractivity contribution is 9.10. The molecule has 1 rings (SSSR count). The molecule has 1 aromatic rings. The van der Waals surface area contributed by atoms with Crippen molar-refractivity contribution in [3.05, 3.63) is 28.2 Å². The van der Waals surface area contributed by atoms with Crippen molar-refractivity contribution in [1.29, 1.82) is 0 Å². The summed E-state index contributed by atoms with van der Waals surface area (Å²) in [5.74, 6) is 0.899. The minimum Gasteiger partial charge on any atom is -0.497 e. The van der Waals surface area contributed by atoms with Gasteiger partial charge in [0.15, 0.2) is 0 Å². The third kappa shape index (κ3) is 5.06. The second-order valence-electron chi connectivity index (χ2n) is 4.03. The van der Waals surface area contributed by atoms with Crippen LogP contribution < -0.4 is 10.1 Å². The van der Waals surface area contributed by atoms with Crippen LogP contribution in [0.5, 0.6) is 5.75 Å².